The molecule has 6 rings (SSSR count). The summed E-state index contributed by atoms with van der Waals surface area (Å²) in [6.45, 7) is 6.81. The van der Waals surface area contributed by atoms with E-state index in [4.69, 9.17) is 0 Å². The van der Waals surface area contributed by atoms with Crippen LogP contribution in [0.4, 0.5) is 5.13 Å². The number of carbonyl (C=O) groups is 2. The number of thiazole rings is 1. The van der Waals surface area contributed by atoms with Gasteiger partial charge in [0.25, 0.3) is 11.8 Å². The quantitative estimate of drug-likeness (QED) is 0.300. The summed E-state index contributed by atoms with van der Waals surface area (Å²) in [5, 5.41) is 5.17. The van der Waals surface area contributed by atoms with E-state index in [-0.39, 0.29) is 17.4 Å². The molecule has 1 atom stereocenters. The second-order valence-corrected chi connectivity index (χ2v) is 11.8. The maximum Gasteiger partial charge on any atom is 0.327 e. The molecular weight excluding hydrogens is 532 g/mol. The van der Waals surface area contributed by atoms with E-state index in [0.29, 0.717) is 17.2 Å². The largest absolute Gasteiger partial charge is 0.327 e. The number of rotatable bonds is 6. The van der Waals surface area contributed by atoms with Gasteiger partial charge in [-0.05, 0) is 33.8 Å². The van der Waals surface area contributed by atoms with E-state index < -0.39 is 6.04 Å². The van der Waals surface area contributed by atoms with Crippen LogP contribution in [0.3, 0.4) is 0 Å². The highest BCUT2D eigenvalue weighted by Crippen LogP contribution is 2.34. The minimum atomic E-state index is -0.788. The van der Waals surface area contributed by atoms with Crippen LogP contribution in [-0.2, 0) is 16.9 Å². The van der Waals surface area contributed by atoms with Crippen molar-refractivity contribution in [2.24, 2.45) is 0 Å². The Hall–Kier alpha value is -4.76. The van der Waals surface area contributed by atoms with Gasteiger partial charge in [0, 0.05) is 56.1 Å². The molecule has 5 aromatic rings. The second kappa shape index (κ2) is 10.7. The van der Waals surface area contributed by atoms with Crippen LogP contribution in [0.15, 0.2) is 103 Å². The van der Waals surface area contributed by atoms with Crippen molar-refractivity contribution in [1.82, 2.24) is 14.9 Å². The number of benzene rings is 2. The van der Waals surface area contributed by atoms with Crippen LogP contribution in [0.5, 0.6) is 0 Å². The van der Waals surface area contributed by atoms with E-state index in [9.17, 15) is 9.59 Å². The van der Waals surface area contributed by atoms with Gasteiger partial charge in [-0.25, -0.2) is 4.98 Å². The Labute approximate surface area is 242 Å². The third-order valence-corrected chi connectivity index (χ3v) is 7.86. The van der Waals surface area contributed by atoms with E-state index >= 15 is 0 Å². The molecule has 204 valence electrons. The van der Waals surface area contributed by atoms with Gasteiger partial charge in [0.05, 0.1) is 0 Å². The fourth-order valence-electron chi connectivity index (χ4n) is 4.97. The normalized spacial score (nSPS) is 13.6. The molecule has 9 heteroatoms. The first kappa shape index (κ1) is 26.5. The van der Waals surface area contributed by atoms with Gasteiger partial charge in [0.2, 0.25) is 12.4 Å². The maximum atomic E-state index is 13.8. The zero-order chi connectivity index (χ0) is 28.6. The van der Waals surface area contributed by atoms with Crippen LogP contribution >= 0.6 is 11.3 Å². The first-order valence-corrected chi connectivity index (χ1v) is 14.2. The molecule has 8 nitrogen and oxygen atoms in total. The highest BCUT2D eigenvalue weighted by atomic mass is 32.1. The van der Waals surface area contributed by atoms with Crippen LogP contribution < -0.4 is 14.5 Å². The average Bonchev–Trinajstić information content (AvgIpc) is 3.61. The number of nitrogens with one attached hydrogen (secondary N) is 1. The number of amides is 2. The molecule has 0 aliphatic carbocycles. The smallest absolute Gasteiger partial charge is 0.318 e. The molecule has 1 aliphatic heterocycles. The maximum absolute atomic E-state index is 13.8. The van der Waals surface area contributed by atoms with E-state index in [2.05, 4.69) is 40.6 Å². The Balaban J connectivity index is 1.25. The number of hydrogen-bond donors (Lipinski definition) is 1. The lowest BCUT2D eigenvalue weighted by molar-refractivity contribution is -0.770. The molecule has 1 aliphatic rings. The molecule has 3 aromatic heterocycles. The van der Waals surface area contributed by atoms with Gasteiger partial charge in [-0.15, -0.1) is 11.3 Å². The molecule has 2 aromatic carbocycles. The number of nitrogens with zero attached hydrogens (tertiary/aromatic N) is 5. The first-order valence-electron chi connectivity index (χ1n) is 13.4. The molecule has 0 saturated heterocycles. The van der Waals surface area contributed by atoms with Crippen LogP contribution in [0.1, 0.15) is 48.3 Å². The van der Waals surface area contributed by atoms with Crippen molar-refractivity contribution in [3.63, 3.8) is 0 Å². The third kappa shape index (κ3) is 5.36. The summed E-state index contributed by atoms with van der Waals surface area (Å²) in [4.78, 5) is 37.7. The molecule has 1 unspecified atom stereocenters. The number of carbonyl (C=O) groups excluding carboxylic acids is 2. The molecule has 41 heavy (non-hydrogen) atoms. The molecule has 0 bridgehead atoms. The molecule has 2 amide bonds. The van der Waals surface area contributed by atoms with E-state index in [1.807, 2.05) is 96.2 Å². The lowest BCUT2D eigenvalue weighted by atomic mass is 10.0. The Morgan fingerprint density at radius 3 is 2.39 bits per heavy atom. The van der Waals surface area contributed by atoms with Gasteiger partial charge in [0.15, 0.2) is 23.1 Å². The molecule has 0 saturated carbocycles. The van der Waals surface area contributed by atoms with Gasteiger partial charge in [0.1, 0.15) is 12.2 Å². The van der Waals surface area contributed by atoms with Gasteiger partial charge in [-0.2, -0.15) is 9.13 Å². The number of hydrogen-bond acceptors (Lipinski definition) is 5. The minimum Gasteiger partial charge on any atom is -0.318 e. The Bertz CT molecular complexity index is 1700. The summed E-state index contributed by atoms with van der Waals surface area (Å²) < 4.78 is 4.12. The van der Waals surface area contributed by atoms with Gasteiger partial charge in [-0.3, -0.25) is 14.9 Å². The van der Waals surface area contributed by atoms with E-state index in [1.165, 1.54) is 11.3 Å². The second-order valence-electron chi connectivity index (χ2n) is 10.9. The predicted molar refractivity (Wildman–Crippen MR) is 156 cm³/mol. The van der Waals surface area contributed by atoms with Crippen LogP contribution in [0.25, 0.3) is 16.9 Å². The van der Waals surface area contributed by atoms with Crippen LogP contribution in [0, 0.1) is 0 Å². The predicted octanol–water partition coefficient (Wildman–Crippen LogP) is 4.86. The van der Waals surface area contributed by atoms with Gasteiger partial charge in [-0.1, -0.05) is 42.5 Å². The Morgan fingerprint density at radius 2 is 1.73 bits per heavy atom. The van der Waals surface area contributed by atoms with Crippen molar-refractivity contribution < 1.29 is 18.7 Å². The zero-order valence-electron chi connectivity index (χ0n) is 23.1. The van der Waals surface area contributed by atoms with E-state index in [1.54, 1.807) is 16.5 Å². The molecule has 0 fully saturated rings. The molecule has 0 radical (unpaired) electrons. The summed E-state index contributed by atoms with van der Waals surface area (Å²) in [6, 6.07) is 18.4. The highest BCUT2D eigenvalue weighted by Gasteiger charge is 2.38. The van der Waals surface area contributed by atoms with Crippen molar-refractivity contribution in [1.29, 1.82) is 0 Å². The summed E-state index contributed by atoms with van der Waals surface area (Å²) in [5.41, 5.74) is 4.03. The van der Waals surface area contributed by atoms with E-state index in [0.717, 1.165) is 28.1 Å². The number of pyridine rings is 1. The number of anilines is 1. The highest BCUT2D eigenvalue weighted by molar-refractivity contribution is 7.13. The number of aromatic nitrogens is 4. The number of fused-ring (bicyclic) bond motifs is 1. The van der Waals surface area contributed by atoms with Crippen molar-refractivity contribution in [2.75, 3.05) is 5.32 Å². The van der Waals surface area contributed by atoms with Gasteiger partial charge >= 0.3 is 5.82 Å². The lowest BCUT2D eigenvalue weighted by Gasteiger charge is -2.27. The molecular formula is C32H30N6O2S+2. The SMILES string of the molecule is CC(C)(C)[n+]1cc[n+](-c2ccc(-c3ccc4c(c3)C(=O)N(C(C(=O)Nc3nccs3)c3ccccc3)C4)cn2)cc1. The summed E-state index contributed by atoms with van der Waals surface area (Å²) in [7, 11) is 0. The average molecular weight is 563 g/mol. The minimum absolute atomic E-state index is 0.00313. The standard InChI is InChI=1S/C32H29N6O2S/c1-32(2,3)37-16-14-36(15-17-37)27-12-11-24(20-34-27)23-9-10-25-21-38(30(40)26(25)19-23)28(22-7-5-4-6-8-22)29(39)35-31-33-13-18-41-31/h4-20,28H,21H2,1-3H3/q+1/p+1. The zero-order valence-corrected chi connectivity index (χ0v) is 23.9. The van der Waals surface area contributed by atoms with Crippen molar-refractivity contribution in [2.45, 2.75) is 38.9 Å². The topological polar surface area (TPSA) is 83.0 Å². The molecule has 1 N–H and O–H groups in total. The monoisotopic (exact) mass is 562 g/mol. The summed E-state index contributed by atoms with van der Waals surface area (Å²) >= 11 is 1.34. The molecule has 0 spiro atoms. The van der Waals surface area contributed by atoms with Crippen molar-refractivity contribution in [3.05, 3.63) is 120 Å². The Morgan fingerprint density at radius 1 is 0.976 bits per heavy atom. The van der Waals surface area contributed by atoms with Crippen LogP contribution in [-0.4, -0.2) is 26.7 Å². The summed E-state index contributed by atoms with van der Waals surface area (Å²) in [5.74, 6) is 0.329. The fourth-order valence-corrected chi connectivity index (χ4v) is 5.51. The summed E-state index contributed by atoms with van der Waals surface area (Å²) in [6.07, 6.45) is 11.5. The molecule has 4 heterocycles. The van der Waals surface area contributed by atoms with Gasteiger partial charge < -0.3 is 4.90 Å². The van der Waals surface area contributed by atoms with Crippen LogP contribution in [0.2, 0.25) is 0 Å². The third-order valence-electron chi connectivity index (χ3n) is 7.18. The Kier molecular flexibility index (Phi) is 6.88. The fraction of sp³-hybridized carbons (Fsp3) is 0.188. The van der Waals surface area contributed by atoms with Crippen molar-refractivity contribution >= 4 is 28.3 Å². The van der Waals surface area contributed by atoms with Crippen molar-refractivity contribution in [3.8, 4) is 16.9 Å². The first-order chi connectivity index (χ1) is 19.8. The lowest BCUT2D eigenvalue weighted by Crippen LogP contribution is -2.52.